The summed E-state index contributed by atoms with van der Waals surface area (Å²) in [5.41, 5.74) is 9.55. The molecule has 1 spiro atoms. The Kier molecular flexibility index (Phi) is 5.98. The van der Waals surface area contributed by atoms with Crippen LogP contribution in [0.1, 0.15) is 70.4 Å². The molecule has 1 aromatic carbocycles. The number of hydrogen-bond donors (Lipinski definition) is 3. The van der Waals surface area contributed by atoms with Crippen molar-refractivity contribution in [2.24, 2.45) is 17.1 Å². The van der Waals surface area contributed by atoms with Crippen LogP contribution in [0.25, 0.3) is 0 Å². The molecule has 0 bridgehead atoms. The molecule has 4 N–H and O–H groups in total. The number of carbonyl (C=O) groups excluding carboxylic acids is 2. The molecule has 1 saturated heterocycles. The zero-order valence-electron chi connectivity index (χ0n) is 20.5. The molecule has 4 atom stereocenters. The number of benzene rings is 1. The summed E-state index contributed by atoms with van der Waals surface area (Å²) in [4.78, 5) is 28.8. The van der Waals surface area contributed by atoms with Gasteiger partial charge in [0.15, 0.2) is 0 Å². The molecule has 0 aromatic heterocycles. The average molecular weight is 530 g/mol. The van der Waals surface area contributed by atoms with Gasteiger partial charge in [0.2, 0.25) is 11.8 Å². The third-order valence-electron chi connectivity index (χ3n) is 8.25. The SMILES string of the molecule is CC(C)(C)[C@H](N/C=C(\N)C1CC1)C(=O)N1CCCC1C(=O)NC1CC12CCc1cc(Br)ccc12. The Bertz CT molecular complexity index is 1030. The van der Waals surface area contributed by atoms with Gasteiger partial charge in [-0.25, -0.2) is 0 Å². The lowest BCUT2D eigenvalue weighted by molar-refractivity contribution is -0.141. The quantitative estimate of drug-likeness (QED) is 0.524. The molecule has 0 radical (unpaired) electrons. The van der Waals surface area contributed by atoms with Gasteiger partial charge < -0.3 is 21.3 Å². The maximum absolute atomic E-state index is 13.7. The molecule has 6 nitrogen and oxygen atoms in total. The Morgan fingerprint density at radius 3 is 2.74 bits per heavy atom. The van der Waals surface area contributed by atoms with E-state index in [0.29, 0.717) is 12.5 Å². The van der Waals surface area contributed by atoms with E-state index in [9.17, 15) is 9.59 Å². The molecule has 3 aliphatic carbocycles. The third-order valence-corrected chi connectivity index (χ3v) is 8.75. The maximum atomic E-state index is 13.7. The minimum atomic E-state index is -0.425. The summed E-state index contributed by atoms with van der Waals surface area (Å²) in [6, 6.07) is 5.87. The van der Waals surface area contributed by atoms with Crippen molar-refractivity contribution in [3.63, 3.8) is 0 Å². The molecular weight excluding hydrogens is 492 g/mol. The number of rotatable bonds is 6. The van der Waals surface area contributed by atoms with E-state index in [0.717, 1.165) is 55.1 Å². The Morgan fingerprint density at radius 2 is 2.03 bits per heavy atom. The summed E-state index contributed by atoms with van der Waals surface area (Å²) < 4.78 is 1.11. The van der Waals surface area contributed by atoms with E-state index in [4.69, 9.17) is 5.73 Å². The van der Waals surface area contributed by atoms with Crippen LogP contribution in [0.5, 0.6) is 0 Å². The van der Waals surface area contributed by atoms with Gasteiger partial charge in [0.05, 0.1) is 0 Å². The van der Waals surface area contributed by atoms with Crippen molar-refractivity contribution >= 4 is 27.7 Å². The van der Waals surface area contributed by atoms with Gasteiger partial charge in [-0.1, -0.05) is 42.8 Å². The Hall–Kier alpha value is -2.02. The van der Waals surface area contributed by atoms with E-state index < -0.39 is 12.1 Å². The molecule has 1 heterocycles. The Balaban J connectivity index is 1.26. The highest BCUT2D eigenvalue weighted by Crippen LogP contribution is 2.57. The van der Waals surface area contributed by atoms with E-state index in [-0.39, 0.29) is 28.7 Å². The van der Waals surface area contributed by atoms with Gasteiger partial charge in [0.1, 0.15) is 12.1 Å². The number of allylic oxidation sites excluding steroid dienone is 1. The topological polar surface area (TPSA) is 87.5 Å². The molecule has 5 rings (SSSR count). The number of likely N-dealkylation sites (tertiary alicyclic amines) is 1. The number of aryl methyl sites for hydroxylation is 1. The monoisotopic (exact) mass is 528 g/mol. The van der Waals surface area contributed by atoms with Crippen molar-refractivity contribution in [1.29, 1.82) is 0 Å². The number of nitrogens with zero attached hydrogens (tertiary/aromatic N) is 1. The largest absolute Gasteiger partial charge is 0.401 e. The molecule has 2 amide bonds. The first kappa shape index (κ1) is 23.7. The number of nitrogens with two attached hydrogens (primary N) is 1. The van der Waals surface area contributed by atoms with Crippen molar-refractivity contribution in [2.45, 2.75) is 89.3 Å². The highest BCUT2D eigenvalue weighted by atomic mass is 79.9. The molecule has 1 aliphatic heterocycles. The molecule has 184 valence electrons. The summed E-state index contributed by atoms with van der Waals surface area (Å²) in [6.45, 7) is 6.79. The molecule has 3 fully saturated rings. The van der Waals surface area contributed by atoms with Gasteiger partial charge >= 0.3 is 0 Å². The van der Waals surface area contributed by atoms with E-state index >= 15 is 0 Å². The highest BCUT2D eigenvalue weighted by Gasteiger charge is 2.59. The number of carbonyl (C=O) groups is 2. The summed E-state index contributed by atoms with van der Waals surface area (Å²) >= 11 is 3.57. The summed E-state index contributed by atoms with van der Waals surface area (Å²) in [5, 5.41) is 6.63. The summed E-state index contributed by atoms with van der Waals surface area (Å²) in [5.74, 6) is 0.437. The van der Waals surface area contributed by atoms with Gasteiger partial charge in [-0.15, -0.1) is 0 Å². The van der Waals surface area contributed by atoms with E-state index in [1.165, 1.54) is 11.1 Å². The predicted octanol–water partition coefficient (Wildman–Crippen LogP) is 3.73. The second-order valence-electron chi connectivity index (χ2n) is 11.8. The first-order valence-corrected chi connectivity index (χ1v) is 13.5. The number of hydrogen-bond acceptors (Lipinski definition) is 4. The highest BCUT2D eigenvalue weighted by molar-refractivity contribution is 9.10. The fraction of sp³-hybridized carbons (Fsp3) is 0.630. The maximum Gasteiger partial charge on any atom is 0.246 e. The van der Waals surface area contributed by atoms with Gasteiger partial charge in [0, 0.05) is 34.4 Å². The molecular formula is C27H37BrN4O2. The average Bonchev–Trinajstić information content (AvgIpc) is 3.64. The second kappa shape index (κ2) is 8.58. The second-order valence-corrected chi connectivity index (χ2v) is 12.7. The van der Waals surface area contributed by atoms with Crippen LogP contribution >= 0.6 is 15.9 Å². The first-order chi connectivity index (χ1) is 16.1. The van der Waals surface area contributed by atoms with E-state index in [2.05, 4.69) is 65.5 Å². The molecule has 3 unspecified atom stereocenters. The number of amides is 2. The van der Waals surface area contributed by atoms with Crippen LogP contribution in [0, 0.1) is 11.3 Å². The zero-order valence-corrected chi connectivity index (χ0v) is 22.1. The molecule has 4 aliphatic rings. The van der Waals surface area contributed by atoms with Crippen LogP contribution in [0.3, 0.4) is 0 Å². The standard InChI is InChI=1S/C27H37BrN4O2/c1-26(2,3)23(30-15-20(29)16-6-7-16)25(34)32-12-4-5-21(32)24(33)31-22-14-27(22)11-10-17-13-18(28)8-9-19(17)27/h8-9,13,15-16,21-23,30H,4-7,10-12,14,29H2,1-3H3,(H,31,33)/b20-15-/t21?,22?,23-,27?/m1/s1. The van der Waals surface area contributed by atoms with Gasteiger partial charge in [-0.2, -0.15) is 0 Å². The lowest BCUT2D eigenvalue weighted by Crippen LogP contribution is -2.56. The van der Waals surface area contributed by atoms with E-state index in [1.807, 2.05) is 6.20 Å². The van der Waals surface area contributed by atoms with E-state index in [1.54, 1.807) is 4.90 Å². The van der Waals surface area contributed by atoms with Crippen LogP contribution in [-0.2, 0) is 21.4 Å². The van der Waals surface area contributed by atoms with Crippen molar-refractivity contribution in [3.8, 4) is 0 Å². The van der Waals surface area contributed by atoms with Crippen LogP contribution in [-0.4, -0.2) is 41.4 Å². The molecule has 7 heteroatoms. The predicted molar refractivity (Wildman–Crippen MR) is 137 cm³/mol. The van der Waals surface area contributed by atoms with Crippen molar-refractivity contribution in [3.05, 3.63) is 45.7 Å². The minimum Gasteiger partial charge on any atom is -0.401 e. The van der Waals surface area contributed by atoms with Gasteiger partial charge in [-0.05, 0) is 79.5 Å². The normalized spacial score (nSPS) is 29.2. The number of nitrogens with one attached hydrogen (secondary N) is 2. The van der Waals surface area contributed by atoms with Crippen LogP contribution in [0.15, 0.2) is 34.6 Å². The third kappa shape index (κ3) is 4.36. The lowest BCUT2D eigenvalue weighted by Gasteiger charge is -2.35. The van der Waals surface area contributed by atoms with Crippen molar-refractivity contribution in [2.75, 3.05) is 6.54 Å². The first-order valence-electron chi connectivity index (χ1n) is 12.7. The van der Waals surface area contributed by atoms with Crippen LogP contribution in [0.4, 0.5) is 0 Å². The fourth-order valence-corrected chi connectivity index (χ4v) is 6.37. The van der Waals surface area contributed by atoms with Crippen LogP contribution < -0.4 is 16.4 Å². The Morgan fingerprint density at radius 1 is 1.26 bits per heavy atom. The molecule has 1 aromatic rings. The van der Waals surface area contributed by atoms with Crippen molar-refractivity contribution in [1.82, 2.24) is 15.5 Å². The smallest absolute Gasteiger partial charge is 0.246 e. The molecule has 2 saturated carbocycles. The number of fused-ring (bicyclic) bond motifs is 2. The molecule has 34 heavy (non-hydrogen) atoms. The van der Waals surface area contributed by atoms with Crippen molar-refractivity contribution < 1.29 is 9.59 Å². The zero-order chi connectivity index (χ0) is 24.3. The number of halogens is 1. The summed E-state index contributed by atoms with van der Waals surface area (Å²) in [7, 11) is 0. The summed E-state index contributed by atoms with van der Waals surface area (Å²) in [6.07, 6.45) is 8.78. The van der Waals surface area contributed by atoms with Crippen LogP contribution in [0.2, 0.25) is 0 Å². The Labute approximate surface area is 211 Å². The van der Waals surface area contributed by atoms with Gasteiger partial charge in [0.25, 0.3) is 0 Å². The lowest BCUT2D eigenvalue weighted by atomic mass is 9.85. The van der Waals surface area contributed by atoms with Gasteiger partial charge in [-0.3, -0.25) is 9.59 Å². The fourth-order valence-electron chi connectivity index (χ4n) is 5.96. The minimum absolute atomic E-state index is 0.000942.